The fourth-order valence-corrected chi connectivity index (χ4v) is 5.90. The average molecular weight is 488 g/mol. The van der Waals surface area contributed by atoms with Gasteiger partial charge in [-0.15, -0.1) is 10.2 Å². The first-order chi connectivity index (χ1) is 15.7. The first-order valence-electron chi connectivity index (χ1n) is 10.4. The quantitative estimate of drug-likeness (QED) is 0.483. The largest absolute Gasteiger partial charge is 0.378 e. The predicted molar refractivity (Wildman–Crippen MR) is 129 cm³/mol. The zero-order chi connectivity index (χ0) is 22.1. The molecule has 0 unspecified atom stereocenters. The smallest absolute Gasteiger partial charge is 0.242 e. The van der Waals surface area contributed by atoms with Crippen LogP contribution in [0.3, 0.4) is 0 Å². The summed E-state index contributed by atoms with van der Waals surface area (Å²) in [5, 5.41) is 10.1. The number of amides is 1. The summed E-state index contributed by atoms with van der Waals surface area (Å²) >= 11 is 9.34. The third kappa shape index (κ3) is 4.10. The van der Waals surface area contributed by atoms with Gasteiger partial charge in [0.15, 0.2) is 5.16 Å². The molecule has 0 saturated carbocycles. The van der Waals surface area contributed by atoms with Crippen LogP contribution in [0.5, 0.6) is 0 Å². The van der Waals surface area contributed by atoms with E-state index in [9.17, 15) is 4.79 Å². The highest BCUT2D eigenvalue weighted by molar-refractivity contribution is 8.00. The van der Waals surface area contributed by atoms with Crippen LogP contribution in [0.1, 0.15) is 6.92 Å². The molecule has 1 amide bonds. The second-order valence-electron chi connectivity index (χ2n) is 7.33. The van der Waals surface area contributed by atoms with Crippen LogP contribution in [-0.2, 0) is 16.1 Å². The molecule has 32 heavy (non-hydrogen) atoms. The van der Waals surface area contributed by atoms with Crippen molar-refractivity contribution in [1.82, 2.24) is 14.8 Å². The molecular formula is C22H22ClN5O2S2. The standard InChI is InChI=1S/C22H22ClN5O2S2/c1-2-27-21(26-9-11-30-12-10-26)24-25-22(27)31-14-20(29)28-16-5-3-4-6-18(16)32-19-8-7-15(23)13-17(19)28/h3-8,13H,2,9-12,14H2,1H3. The number of benzene rings is 2. The summed E-state index contributed by atoms with van der Waals surface area (Å²) < 4.78 is 7.51. The Bertz CT molecular complexity index is 1150. The molecule has 2 aromatic carbocycles. The fourth-order valence-electron chi connectivity index (χ4n) is 3.85. The Kier molecular flexibility index (Phi) is 6.32. The minimum Gasteiger partial charge on any atom is -0.378 e. The van der Waals surface area contributed by atoms with Crippen molar-refractivity contribution in [2.24, 2.45) is 0 Å². The Morgan fingerprint density at radius 2 is 1.91 bits per heavy atom. The van der Waals surface area contributed by atoms with E-state index in [1.807, 2.05) is 42.5 Å². The number of carbonyl (C=O) groups is 1. The number of thioether (sulfide) groups is 1. The Balaban J connectivity index is 1.39. The number of hydrogen-bond acceptors (Lipinski definition) is 7. The van der Waals surface area contributed by atoms with E-state index in [2.05, 4.69) is 26.6 Å². The molecule has 0 atom stereocenters. The van der Waals surface area contributed by atoms with Gasteiger partial charge in [-0.05, 0) is 37.3 Å². The lowest BCUT2D eigenvalue weighted by atomic mass is 10.2. The lowest BCUT2D eigenvalue weighted by Crippen LogP contribution is -2.38. The van der Waals surface area contributed by atoms with Crippen molar-refractivity contribution in [2.75, 3.05) is 41.9 Å². The van der Waals surface area contributed by atoms with Crippen molar-refractivity contribution in [3.8, 4) is 0 Å². The summed E-state index contributed by atoms with van der Waals surface area (Å²) in [6, 6.07) is 13.6. The van der Waals surface area contributed by atoms with Gasteiger partial charge in [0.25, 0.3) is 0 Å². The molecule has 10 heteroatoms. The number of rotatable bonds is 5. The van der Waals surface area contributed by atoms with Crippen LogP contribution >= 0.6 is 35.1 Å². The molecule has 5 rings (SSSR count). The minimum absolute atomic E-state index is 0.0233. The van der Waals surface area contributed by atoms with Crippen LogP contribution in [0.15, 0.2) is 57.4 Å². The van der Waals surface area contributed by atoms with E-state index < -0.39 is 0 Å². The Morgan fingerprint density at radius 1 is 1.12 bits per heavy atom. The van der Waals surface area contributed by atoms with Crippen molar-refractivity contribution < 1.29 is 9.53 Å². The molecule has 0 radical (unpaired) electrons. The van der Waals surface area contributed by atoms with E-state index in [-0.39, 0.29) is 11.7 Å². The second kappa shape index (κ2) is 9.35. The van der Waals surface area contributed by atoms with E-state index in [1.54, 1.807) is 16.7 Å². The minimum atomic E-state index is -0.0233. The first kappa shape index (κ1) is 21.6. The van der Waals surface area contributed by atoms with Crippen LogP contribution in [0.2, 0.25) is 5.02 Å². The maximum atomic E-state index is 13.5. The maximum absolute atomic E-state index is 13.5. The van der Waals surface area contributed by atoms with Gasteiger partial charge < -0.3 is 9.64 Å². The molecule has 2 aliphatic rings. The van der Waals surface area contributed by atoms with Crippen molar-refractivity contribution >= 4 is 58.4 Å². The number of para-hydroxylation sites is 1. The lowest BCUT2D eigenvalue weighted by Gasteiger charge is -2.31. The Hall–Kier alpha value is -2.20. The number of aromatic nitrogens is 3. The molecule has 3 heterocycles. The van der Waals surface area contributed by atoms with Gasteiger partial charge >= 0.3 is 0 Å². The van der Waals surface area contributed by atoms with Gasteiger partial charge in [0.05, 0.1) is 30.3 Å². The molecule has 3 aromatic rings. The van der Waals surface area contributed by atoms with Gasteiger partial charge in [0.1, 0.15) is 0 Å². The highest BCUT2D eigenvalue weighted by Gasteiger charge is 2.29. The van der Waals surface area contributed by atoms with Gasteiger partial charge in [-0.1, -0.05) is 47.3 Å². The number of anilines is 3. The molecular weight excluding hydrogens is 466 g/mol. The zero-order valence-electron chi connectivity index (χ0n) is 17.5. The van der Waals surface area contributed by atoms with Crippen LogP contribution in [0.25, 0.3) is 0 Å². The lowest BCUT2D eigenvalue weighted by molar-refractivity contribution is -0.115. The fraction of sp³-hybridized carbons (Fsp3) is 0.318. The van der Waals surface area contributed by atoms with Crippen molar-refractivity contribution in [2.45, 2.75) is 28.4 Å². The van der Waals surface area contributed by atoms with Gasteiger partial charge in [-0.25, -0.2) is 0 Å². The van der Waals surface area contributed by atoms with E-state index in [0.717, 1.165) is 51.9 Å². The number of hydrogen-bond donors (Lipinski definition) is 0. The molecule has 1 aromatic heterocycles. The topological polar surface area (TPSA) is 63.5 Å². The van der Waals surface area contributed by atoms with E-state index in [0.29, 0.717) is 18.2 Å². The zero-order valence-corrected chi connectivity index (χ0v) is 19.9. The molecule has 0 spiro atoms. The monoisotopic (exact) mass is 487 g/mol. The predicted octanol–water partition coefficient (Wildman–Crippen LogP) is 4.71. The van der Waals surface area contributed by atoms with Crippen LogP contribution in [0, 0.1) is 0 Å². The Labute approximate surface area is 200 Å². The number of ether oxygens (including phenoxy) is 1. The summed E-state index contributed by atoms with van der Waals surface area (Å²) in [7, 11) is 0. The molecule has 1 saturated heterocycles. The van der Waals surface area contributed by atoms with Gasteiger partial charge in [-0.3, -0.25) is 14.3 Å². The number of halogens is 1. The number of nitrogens with zero attached hydrogens (tertiary/aromatic N) is 5. The summed E-state index contributed by atoms with van der Waals surface area (Å²) in [5.74, 6) is 1.05. The molecule has 0 aliphatic carbocycles. The summed E-state index contributed by atoms with van der Waals surface area (Å²) in [6.07, 6.45) is 0. The molecule has 7 nitrogen and oxygen atoms in total. The van der Waals surface area contributed by atoms with Crippen LogP contribution in [0.4, 0.5) is 17.3 Å². The summed E-state index contributed by atoms with van der Waals surface area (Å²) in [6.45, 7) is 5.76. The van der Waals surface area contributed by atoms with Crippen molar-refractivity contribution in [1.29, 1.82) is 0 Å². The number of fused-ring (bicyclic) bond motifs is 2. The van der Waals surface area contributed by atoms with Crippen LogP contribution < -0.4 is 9.80 Å². The molecule has 0 bridgehead atoms. The van der Waals surface area contributed by atoms with E-state index in [1.165, 1.54) is 11.8 Å². The SMILES string of the molecule is CCn1c(SCC(=O)N2c3ccccc3Sc3ccc(Cl)cc32)nnc1N1CCOCC1. The highest BCUT2D eigenvalue weighted by Crippen LogP contribution is 2.49. The Morgan fingerprint density at radius 3 is 2.72 bits per heavy atom. The van der Waals surface area contributed by atoms with Gasteiger partial charge in [-0.2, -0.15) is 0 Å². The number of morpholine rings is 1. The van der Waals surface area contributed by atoms with E-state index in [4.69, 9.17) is 16.3 Å². The normalized spacial score (nSPS) is 15.4. The highest BCUT2D eigenvalue weighted by atomic mass is 35.5. The molecule has 166 valence electrons. The molecule has 2 aliphatic heterocycles. The van der Waals surface area contributed by atoms with Crippen molar-refractivity contribution in [3.05, 3.63) is 47.5 Å². The third-order valence-corrected chi connectivity index (χ3v) is 7.69. The van der Waals surface area contributed by atoms with E-state index >= 15 is 0 Å². The average Bonchev–Trinajstić information content (AvgIpc) is 3.24. The molecule has 1 fully saturated rings. The molecule has 0 N–H and O–H groups in total. The van der Waals surface area contributed by atoms with Crippen molar-refractivity contribution in [3.63, 3.8) is 0 Å². The van der Waals surface area contributed by atoms with Crippen LogP contribution in [-0.4, -0.2) is 52.7 Å². The van der Waals surface area contributed by atoms with Gasteiger partial charge in [0, 0.05) is 34.4 Å². The summed E-state index contributed by atoms with van der Waals surface area (Å²) in [5.41, 5.74) is 1.70. The summed E-state index contributed by atoms with van der Waals surface area (Å²) in [4.78, 5) is 19.5. The third-order valence-electron chi connectivity index (χ3n) is 5.37. The second-order valence-corrected chi connectivity index (χ2v) is 9.79. The maximum Gasteiger partial charge on any atom is 0.242 e. The first-order valence-corrected chi connectivity index (χ1v) is 12.6. The number of carbonyl (C=O) groups excluding carboxylic acids is 1. The van der Waals surface area contributed by atoms with Gasteiger partial charge in [0.2, 0.25) is 11.9 Å².